The van der Waals surface area contributed by atoms with Gasteiger partial charge in [0.25, 0.3) is 5.91 Å². The number of halogens is 2. The van der Waals surface area contributed by atoms with E-state index in [0.29, 0.717) is 5.76 Å². The van der Waals surface area contributed by atoms with Crippen LogP contribution >= 0.6 is 0 Å². The highest BCUT2D eigenvalue weighted by Crippen LogP contribution is 2.33. The Balaban J connectivity index is 2.04. The number of methoxy groups -OCH3 is 1. The molecular formula is C17H14F2N4O4. The number of anilines is 1. The van der Waals surface area contributed by atoms with E-state index in [4.69, 9.17) is 14.4 Å². The third-order valence-electron chi connectivity index (χ3n) is 3.74. The second kappa shape index (κ2) is 7.43. The van der Waals surface area contributed by atoms with E-state index < -0.39 is 12.5 Å². The summed E-state index contributed by atoms with van der Waals surface area (Å²) in [7, 11) is 3.02. The Morgan fingerprint density at radius 2 is 2.26 bits per heavy atom. The van der Waals surface area contributed by atoms with E-state index in [1.54, 1.807) is 7.05 Å². The molecule has 1 N–H and O–H groups in total. The molecule has 2 aromatic heterocycles. The summed E-state index contributed by atoms with van der Waals surface area (Å²) in [4.78, 5) is 12.7. The normalized spacial score (nSPS) is 11.0. The van der Waals surface area contributed by atoms with Crippen molar-refractivity contribution in [1.29, 1.82) is 5.26 Å². The highest BCUT2D eigenvalue weighted by atomic mass is 19.3. The standard InChI is InChI=1S/C17H14F2N4O4/c1-23-15(9(6-20)7-21-23)22-16(24)11-3-4-13(27-17(18)19)14-12(11)5-10(26-14)8-25-2/h3-5,7,17H,8H2,1-2H3,(H,22,24). The van der Waals surface area contributed by atoms with Gasteiger partial charge >= 0.3 is 6.61 Å². The van der Waals surface area contributed by atoms with E-state index in [-0.39, 0.29) is 40.3 Å². The number of hydrogen-bond acceptors (Lipinski definition) is 6. The number of amides is 1. The third-order valence-corrected chi connectivity index (χ3v) is 3.74. The van der Waals surface area contributed by atoms with Gasteiger partial charge in [-0.1, -0.05) is 0 Å². The van der Waals surface area contributed by atoms with E-state index in [0.717, 1.165) is 0 Å². The van der Waals surface area contributed by atoms with E-state index in [1.807, 2.05) is 6.07 Å². The predicted octanol–water partition coefficient (Wildman–Crippen LogP) is 3.04. The Hall–Kier alpha value is -3.45. The van der Waals surface area contributed by atoms with Gasteiger partial charge < -0.3 is 19.2 Å². The molecular weight excluding hydrogens is 362 g/mol. The Kier molecular flexibility index (Phi) is 5.05. The number of furan rings is 1. The quantitative estimate of drug-likeness (QED) is 0.709. The summed E-state index contributed by atoms with van der Waals surface area (Å²) in [6.07, 6.45) is 1.32. The third kappa shape index (κ3) is 3.58. The first-order valence-electron chi connectivity index (χ1n) is 7.67. The first kappa shape index (κ1) is 18.3. The molecule has 3 rings (SSSR count). The number of benzene rings is 1. The van der Waals surface area contributed by atoms with E-state index >= 15 is 0 Å². The van der Waals surface area contributed by atoms with Crippen LogP contribution in [0, 0.1) is 11.3 Å². The van der Waals surface area contributed by atoms with Crippen LogP contribution in [0.2, 0.25) is 0 Å². The smallest absolute Gasteiger partial charge is 0.387 e. The van der Waals surface area contributed by atoms with Gasteiger partial charge in [0.2, 0.25) is 0 Å². The average Bonchev–Trinajstić information content (AvgIpc) is 3.19. The van der Waals surface area contributed by atoms with Crippen LogP contribution in [0.5, 0.6) is 5.75 Å². The molecule has 0 aliphatic heterocycles. The van der Waals surface area contributed by atoms with Crippen molar-refractivity contribution in [3.8, 4) is 11.8 Å². The lowest BCUT2D eigenvalue weighted by Gasteiger charge is -2.09. The van der Waals surface area contributed by atoms with Crippen LogP contribution in [0.3, 0.4) is 0 Å². The number of aromatic nitrogens is 2. The molecule has 10 heteroatoms. The minimum atomic E-state index is -3.04. The van der Waals surface area contributed by atoms with Gasteiger partial charge in [-0.2, -0.15) is 19.1 Å². The topological polar surface area (TPSA) is 102 Å². The molecule has 0 atom stereocenters. The monoisotopic (exact) mass is 376 g/mol. The summed E-state index contributed by atoms with van der Waals surface area (Å²) in [6.45, 7) is -2.96. The van der Waals surface area contributed by atoms with E-state index in [9.17, 15) is 13.6 Å². The molecule has 0 aliphatic rings. The fourth-order valence-corrected chi connectivity index (χ4v) is 2.59. The summed E-state index contributed by atoms with van der Waals surface area (Å²) in [5.41, 5.74) is 0.343. The number of fused-ring (bicyclic) bond motifs is 1. The number of aryl methyl sites for hydroxylation is 1. The summed E-state index contributed by atoms with van der Waals surface area (Å²) in [5, 5.41) is 15.9. The highest BCUT2D eigenvalue weighted by Gasteiger charge is 2.21. The number of carbonyl (C=O) groups is 1. The largest absolute Gasteiger partial charge is 0.455 e. The zero-order chi connectivity index (χ0) is 19.6. The maximum atomic E-state index is 12.7. The Bertz CT molecular complexity index is 1040. The Labute approximate surface area is 151 Å². The summed E-state index contributed by atoms with van der Waals surface area (Å²) in [5.74, 6) is -0.208. The van der Waals surface area contributed by atoms with Crippen molar-refractivity contribution >= 4 is 22.7 Å². The number of carbonyl (C=O) groups excluding carboxylic acids is 1. The van der Waals surface area contributed by atoms with Gasteiger partial charge in [0.1, 0.15) is 29.8 Å². The van der Waals surface area contributed by atoms with Crippen LogP contribution in [0.15, 0.2) is 28.8 Å². The zero-order valence-electron chi connectivity index (χ0n) is 14.3. The number of nitrogens with zero attached hydrogens (tertiary/aromatic N) is 3. The molecule has 0 fully saturated rings. The Morgan fingerprint density at radius 3 is 2.93 bits per heavy atom. The van der Waals surface area contributed by atoms with Gasteiger partial charge in [-0.3, -0.25) is 9.48 Å². The lowest BCUT2D eigenvalue weighted by Crippen LogP contribution is -2.16. The van der Waals surface area contributed by atoms with Crippen LogP contribution in [0.25, 0.3) is 11.0 Å². The molecule has 0 saturated carbocycles. The van der Waals surface area contributed by atoms with Crippen LogP contribution in [-0.2, 0) is 18.4 Å². The van der Waals surface area contributed by atoms with Crippen LogP contribution in [0.1, 0.15) is 21.7 Å². The fourth-order valence-electron chi connectivity index (χ4n) is 2.59. The molecule has 0 bridgehead atoms. The van der Waals surface area contributed by atoms with Gasteiger partial charge in [0.05, 0.1) is 11.8 Å². The number of nitrogens with one attached hydrogen (secondary N) is 1. The second-order valence-electron chi connectivity index (χ2n) is 5.47. The van der Waals surface area contributed by atoms with Crippen LogP contribution in [0.4, 0.5) is 14.6 Å². The van der Waals surface area contributed by atoms with Crippen molar-refractivity contribution in [2.24, 2.45) is 7.05 Å². The molecule has 0 aliphatic carbocycles. The predicted molar refractivity (Wildman–Crippen MR) is 89.4 cm³/mol. The number of rotatable bonds is 6. The van der Waals surface area contributed by atoms with Crippen molar-refractivity contribution in [2.75, 3.05) is 12.4 Å². The number of nitriles is 1. The lowest BCUT2D eigenvalue weighted by molar-refractivity contribution is -0.0494. The molecule has 0 spiro atoms. The van der Waals surface area contributed by atoms with Gasteiger partial charge in [0.15, 0.2) is 11.3 Å². The molecule has 1 aromatic carbocycles. The lowest BCUT2D eigenvalue weighted by atomic mass is 10.1. The molecule has 3 aromatic rings. The van der Waals surface area contributed by atoms with Crippen molar-refractivity contribution < 1.29 is 27.5 Å². The fraction of sp³-hybridized carbons (Fsp3) is 0.235. The van der Waals surface area contributed by atoms with Crippen molar-refractivity contribution in [3.63, 3.8) is 0 Å². The molecule has 0 radical (unpaired) electrons. The summed E-state index contributed by atoms with van der Waals surface area (Å²) >= 11 is 0. The number of hydrogen-bond donors (Lipinski definition) is 1. The molecule has 8 nitrogen and oxygen atoms in total. The van der Waals surface area contributed by atoms with Gasteiger partial charge in [-0.15, -0.1) is 0 Å². The van der Waals surface area contributed by atoms with E-state index in [2.05, 4.69) is 15.2 Å². The van der Waals surface area contributed by atoms with Gasteiger partial charge in [-0.05, 0) is 18.2 Å². The summed E-state index contributed by atoms with van der Waals surface area (Å²) < 4.78 is 41.5. The molecule has 140 valence electrons. The zero-order valence-corrected chi connectivity index (χ0v) is 14.3. The molecule has 1 amide bonds. The highest BCUT2D eigenvalue weighted by molar-refractivity contribution is 6.13. The molecule has 0 unspecified atom stereocenters. The first-order chi connectivity index (χ1) is 12.9. The average molecular weight is 376 g/mol. The molecule has 2 heterocycles. The summed E-state index contributed by atoms with van der Waals surface area (Å²) in [6, 6.07) is 6.00. The first-order valence-corrected chi connectivity index (χ1v) is 7.67. The second-order valence-corrected chi connectivity index (χ2v) is 5.47. The van der Waals surface area contributed by atoms with E-state index in [1.165, 1.54) is 36.2 Å². The maximum absolute atomic E-state index is 12.7. The number of alkyl halides is 2. The molecule has 27 heavy (non-hydrogen) atoms. The van der Waals surface area contributed by atoms with Crippen LogP contribution < -0.4 is 10.1 Å². The minimum Gasteiger partial charge on any atom is -0.455 e. The SMILES string of the molecule is COCc1cc2c(C(=O)Nc3c(C#N)cnn3C)ccc(OC(F)F)c2o1. The van der Waals surface area contributed by atoms with Crippen molar-refractivity contribution in [3.05, 3.63) is 41.3 Å². The van der Waals surface area contributed by atoms with Gasteiger partial charge in [-0.25, -0.2) is 0 Å². The van der Waals surface area contributed by atoms with Crippen molar-refractivity contribution in [2.45, 2.75) is 13.2 Å². The van der Waals surface area contributed by atoms with Crippen LogP contribution in [-0.4, -0.2) is 29.4 Å². The van der Waals surface area contributed by atoms with Gasteiger partial charge in [0, 0.05) is 19.5 Å². The Morgan fingerprint density at radius 1 is 1.48 bits per heavy atom. The molecule has 0 saturated heterocycles. The maximum Gasteiger partial charge on any atom is 0.387 e. The van der Waals surface area contributed by atoms with Crippen molar-refractivity contribution in [1.82, 2.24) is 9.78 Å². The minimum absolute atomic E-state index is 0.000475. The number of ether oxygens (including phenoxy) is 2.